The van der Waals surface area contributed by atoms with Crippen LogP contribution < -0.4 is 5.32 Å². The molecule has 0 fully saturated rings. The van der Waals surface area contributed by atoms with Gasteiger partial charge in [-0.1, -0.05) is 6.92 Å². The molecule has 0 unspecified atom stereocenters. The lowest BCUT2D eigenvalue weighted by Gasteiger charge is -2.29. The molecule has 0 aliphatic heterocycles. The van der Waals surface area contributed by atoms with Crippen molar-refractivity contribution >= 4 is 11.7 Å². The first-order valence-corrected chi connectivity index (χ1v) is 6.15. The van der Waals surface area contributed by atoms with E-state index in [2.05, 4.69) is 10.3 Å². The number of hydrogen-bond acceptors (Lipinski definition) is 6. The lowest BCUT2D eigenvalue weighted by Crippen LogP contribution is -2.53. The van der Waals surface area contributed by atoms with Gasteiger partial charge in [0, 0.05) is 13.0 Å². The van der Waals surface area contributed by atoms with Gasteiger partial charge in [-0.25, -0.2) is 0 Å². The highest BCUT2D eigenvalue weighted by Crippen LogP contribution is 2.10. The van der Waals surface area contributed by atoms with E-state index < -0.39 is 10.5 Å². The Morgan fingerprint density at radius 3 is 2.65 bits per heavy atom. The molecular weight excluding hydrogens is 268 g/mol. The molecule has 1 heterocycles. The number of aliphatic hydroxyl groups excluding tert-OH is 2. The summed E-state index contributed by atoms with van der Waals surface area (Å²) in [6, 6.07) is 0. The standard InChI is InChI=1S/C11H18N4O5/c1-2-11(6-16,7-17)13-10(18)3-4-14-5-9(12-8-14)15(19)20/h5,8,16-17H,2-4,6-7H2,1H3,(H,13,18). The quantitative estimate of drug-likeness (QED) is 0.433. The zero-order chi connectivity index (χ0) is 15.2. The van der Waals surface area contributed by atoms with Crippen molar-refractivity contribution in [2.75, 3.05) is 13.2 Å². The Balaban J connectivity index is 2.52. The van der Waals surface area contributed by atoms with E-state index in [4.69, 9.17) is 0 Å². The van der Waals surface area contributed by atoms with Crippen LogP contribution in [-0.4, -0.2) is 49.3 Å². The van der Waals surface area contributed by atoms with Gasteiger partial charge in [-0.2, -0.15) is 0 Å². The van der Waals surface area contributed by atoms with Crippen molar-refractivity contribution in [3.05, 3.63) is 22.6 Å². The Bertz CT molecular complexity index is 461. The van der Waals surface area contributed by atoms with Crippen molar-refractivity contribution in [2.24, 2.45) is 0 Å². The molecule has 20 heavy (non-hydrogen) atoms. The van der Waals surface area contributed by atoms with Crippen LogP contribution in [-0.2, 0) is 11.3 Å². The van der Waals surface area contributed by atoms with Gasteiger partial charge < -0.3 is 30.2 Å². The number of imidazole rings is 1. The predicted molar refractivity (Wildman–Crippen MR) is 68.8 cm³/mol. The van der Waals surface area contributed by atoms with Crippen molar-refractivity contribution in [1.82, 2.24) is 14.9 Å². The summed E-state index contributed by atoms with van der Waals surface area (Å²) in [7, 11) is 0. The minimum Gasteiger partial charge on any atom is -0.394 e. The van der Waals surface area contributed by atoms with Gasteiger partial charge in [-0.15, -0.1) is 0 Å². The number of nitrogens with one attached hydrogen (secondary N) is 1. The van der Waals surface area contributed by atoms with E-state index in [-0.39, 0.29) is 37.9 Å². The molecule has 0 aromatic carbocycles. The fourth-order valence-corrected chi connectivity index (χ4v) is 1.59. The average Bonchev–Trinajstić information content (AvgIpc) is 2.92. The number of carbonyl (C=O) groups excluding carboxylic acids is 1. The molecule has 0 radical (unpaired) electrons. The van der Waals surface area contributed by atoms with Crippen LogP contribution in [0.15, 0.2) is 12.5 Å². The van der Waals surface area contributed by atoms with Crippen LogP contribution in [0.1, 0.15) is 19.8 Å². The summed E-state index contributed by atoms with van der Waals surface area (Å²) in [6.45, 7) is 1.25. The topological polar surface area (TPSA) is 131 Å². The van der Waals surface area contributed by atoms with Crippen LogP contribution >= 0.6 is 0 Å². The van der Waals surface area contributed by atoms with Crippen molar-refractivity contribution in [3.8, 4) is 0 Å². The summed E-state index contributed by atoms with van der Waals surface area (Å²) >= 11 is 0. The molecule has 112 valence electrons. The van der Waals surface area contributed by atoms with E-state index in [9.17, 15) is 25.1 Å². The maximum absolute atomic E-state index is 11.7. The number of nitro groups is 1. The van der Waals surface area contributed by atoms with Crippen molar-refractivity contribution in [2.45, 2.75) is 31.8 Å². The molecule has 0 saturated carbocycles. The zero-order valence-electron chi connectivity index (χ0n) is 11.2. The number of hydrogen-bond donors (Lipinski definition) is 3. The Kier molecular flexibility index (Phi) is 5.59. The molecule has 1 aromatic heterocycles. The molecule has 1 amide bonds. The van der Waals surface area contributed by atoms with Crippen LogP contribution in [0.25, 0.3) is 0 Å². The van der Waals surface area contributed by atoms with Gasteiger partial charge in [0.1, 0.15) is 6.20 Å². The van der Waals surface area contributed by atoms with E-state index in [1.807, 2.05) is 0 Å². The highest BCUT2D eigenvalue weighted by Gasteiger charge is 2.28. The van der Waals surface area contributed by atoms with E-state index in [1.54, 1.807) is 6.92 Å². The van der Waals surface area contributed by atoms with Gasteiger partial charge in [0.05, 0.1) is 18.8 Å². The van der Waals surface area contributed by atoms with Gasteiger partial charge >= 0.3 is 5.82 Å². The van der Waals surface area contributed by atoms with Gasteiger partial charge in [0.25, 0.3) is 0 Å². The molecule has 3 N–H and O–H groups in total. The summed E-state index contributed by atoms with van der Waals surface area (Å²) in [5.74, 6) is -0.634. The summed E-state index contributed by atoms with van der Waals surface area (Å²) in [5.41, 5.74) is -1.03. The summed E-state index contributed by atoms with van der Waals surface area (Å²) < 4.78 is 1.43. The van der Waals surface area contributed by atoms with E-state index in [1.165, 1.54) is 17.1 Å². The Hall–Kier alpha value is -2.00. The maximum Gasteiger partial charge on any atom is 0.381 e. The first-order chi connectivity index (χ1) is 9.46. The zero-order valence-corrected chi connectivity index (χ0v) is 11.2. The van der Waals surface area contributed by atoms with E-state index >= 15 is 0 Å². The number of aliphatic hydroxyl groups is 2. The third kappa shape index (κ3) is 4.00. The number of aryl methyl sites for hydroxylation is 1. The normalized spacial score (nSPS) is 11.3. The van der Waals surface area contributed by atoms with E-state index in [0.29, 0.717) is 6.42 Å². The van der Waals surface area contributed by atoms with Crippen LogP contribution in [0.5, 0.6) is 0 Å². The number of amides is 1. The monoisotopic (exact) mass is 286 g/mol. The lowest BCUT2D eigenvalue weighted by atomic mass is 9.98. The highest BCUT2D eigenvalue weighted by molar-refractivity contribution is 5.76. The Morgan fingerprint density at radius 2 is 2.20 bits per heavy atom. The molecule has 0 aliphatic rings. The minimum absolute atomic E-state index is 0.0647. The average molecular weight is 286 g/mol. The third-order valence-corrected chi connectivity index (χ3v) is 3.09. The van der Waals surface area contributed by atoms with Gasteiger partial charge in [0.15, 0.2) is 0 Å². The van der Waals surface area contributed by atoms with Crippen LogP contribution in [0.2, 0.25) is 0 Å². The molecule has 0 atom stereocenters. The third-order valence-electron chi connectivity index (χ3n) is 3.09. The molecule has 0 bridgehead atoms. The SMILES string of the molecule is CCC(CO)(CO)NC(=O)CCn1cnc([N+](=O)[O-])c1. The molecule has 1 rings (SSSR count). The van der Waals surface area contributed by atoms with Crippen LogP contribution in [0.3, 0.4) is 0 Å². The smallest absolute Gasteiger partial charge is 0.381 e. The Labute approximate surface area is 115 Å². The largest absolute Gasteiger partial charge is 0.394 e. The lowest BCUT2D eigenvalue weighted by molar-refractivity contribution is -0.389. The summed E-state index contributed by atoms with van der Waals surface area (Å²) in [6.07, 6.45) is 2.96. The number of rotatable bonds is 8. The molecule has 0 saturated heterocycles. The van der Waals surface area contributed by atoms with Crippen molar-refractivity contribution in [1.29, 1.82) is 0 Å². The van der Waals surface area contributed by atoms with Crippen LogP contribution in [0.4, 0.5) is 5.82 Å². The number of nitrogens with zero attached hydrogens (tertiary/aromatic N) is 3. The molecule has 1 aromatic rings. The fourth-order valence-electron chi connectivity index (χ4n) is 1.59. The van der Waals surface area contributed by atoms with E-state index in [0.717, 1.165) is 0 Å². The van der Waals surface area contributed by atoms with Gasteiger partial charge in [0.2, 0.25) is 12.2 Å². The molecular formula is C11H18N4O5. The number of carbonyl (C=O) groups is 1. The number of aromatic nitrogens is 2. The first-order valence-electron chi connectivity index (χ1n) is 6.15. The molecule has 0 aliphatic carbocycles. The van der Waals surface area contributed by atoms with Crippen LogP contribution in [0, 0.1) is 10.1 Å². The molecule has 9 heteroatoms. The van der Waals surface area contributed by atoms with Gasteiger partial charge in [-0.05, 0) is 16.3 Å². The second kappa shape index (κ2) is 6.96. The highest BCUT2D eigenvalue weighted by atomic mass is 16.6. The first kappa shape index (κ1) is 16.1. The second-order valence-electron chi connectivity index (χ2n) is 4.48. The predicted octanol–water partition coefficient (Wildman–Crippen LogP) is -0.569. The fraction of sp³-hybridized carbons (Fsp3) is 0.636. The molecule has 9 nitrogen and oxygen atoms in total. The van der Waals surface area contributed by atoms with Gasteiger partial charge in [-0.3, -0.25) is 4.79 Å². The summed E-state index contributed by atoms with van der Waals surface area (Å²) in [4.78, 5) is 25.2. The molecule has 0 spiro atoms. The van der Waals surface area contributed by atoms with Crippen molar-refractivity contribution < 1.29 is 19.9 Å². The minimum atomic E-state index is -1.03. The maximum atomic E-state index is 11.7. The second-order valence-corrected chi connectivity index (χ2v) is 4.48. The Morgan fingerprint density at radius 1 is 1.55 bits per heavy atom. The summed E-state index contributed by atoms with van der Waals surface area (Å²) in [5, 5.41) is 31.4. The van der Waals surface area contributed by atoms with Crippen molar-refractivity contribution in [3.63, 3.8) is 0 Å².